The van der Waals surface area contributed by atoms with Gasteiger partial charge >= 0.3 is 0 Å². The lowest BCUT2D eigenvalue weighted by atomic mass is 10.1. The van der Waals surface area contributed by atoms with Gasteiger partial charge in [-0.05, 0) is 25.2 Å². The number of unbranched alkanes of at least 4 members (excludes halogenated alkanes) is 1. The lowest BCUT2D eigenvalue weighted by Gasteiger charge is -2.15. The van der Waals surface area contributed by atoms with E-state index in [2.05, 4.69) is 6.92 Å². The van der Waals surface area contributed by atoms with Gasteiger partial charge in [0.1, 0.15) is 0 Å². The third-order valence-electron chi connectivity index (χ3n) is 2.97. The van der Waals surface area contributed by atoms with Gasteiger partial charge in [-0.3, -0.25) is 4.79 Å². The van der Waals surface area contributed by atoms with E-state index in [0.717, 1.165) is 45.2 Å². The van der Waals surface area contributed by atoms with Gasteiger partial charge in [0.15, 0.2) is 0 Å². The molecule has 1 fully saturated rings. The van der Waals surface area contributed by atoms with Crippen LogP contribution in [-0.4, -0.2) is 28.9 Å². The molecule has 1 aliphatic rings. The van der Waals surface area contributed by atoms with E-state index < -0.39 is 0 Å². The molecule has 4 heteroatoms. The number of hydrogen-bond acceptors (Lipinski definition) is 2. The van der Waals surface area contributed by atoms with E-state index in [4.69, 9.17) is 18.0 Å². The van der Waals surface area contributed by atoms with E-state index in [1.165, 1.54) is 0 Å². The Bertz CT molecular complexity index is 243. The molecule has 3 nitrogen and oxygen atoms in total. The minimum Gasteiger partial charge on any atom is -0.393 e. The molecular formula is C11H20N2OS. The number of thiocarbonyl (C=S) groups is 1. The number of amides is 1. The van der Waals surface area contributed by atoms with Crippen molar-refractivity contribution < 1.29 is 4.79 Å². The van der Waals surface area contributed by atoms with Gasteiger partial charge in [0.2, 0.25) is 5.91 Å². The van der Waals surface area contributed by atoms with Crippen molar-refractivity contribution >= 4 is 23.1 Å². The molecule has 0 saturated carbocycles. The topological polar surface area (TPSA) is 46.3 Å². The van der Waals surface area contributed by atoms with Crippen LogP contribution in [0.15, 0.2) is 0 Å². The third-order valence-corrected chi connectivity index (χ3v) is 3.18. The Labute approximate surface area is 97.0 Å². The number of carbonyl (C=O) groups excluding carboxylic acids is 1. The van der Waals surface area contributed by atoms with Crippen LogP contribution in [0, 0.1) is 5.92 Å². The Morgan fingerprint density at radius 2 is 2.33 bits per heavy atom. The minimum atomic E-state index is 0.317. The maximum Gasteiger partial charge on any atom is 0.222 e. The average Bonchev–Trinajstić information content (AvgIpc) is 2.54. The summed E-state index contributed by atoms with van der Waals surface area (Å²) < 4.78 is 0. The molecule has 1 unspecified atom stereocenters. The minimum absolute atomic E-state index is 0.317. The summed E-state index contributed by atoms with van der Waals surface area (Å²) in [6, 6.07) is 0. The standard InChI is InChI=1S/C11H20N2OS/c1-2-9-7-11(14)13(8-9)6-4-3-5-10(12)15/h9H,2-8H2,1H3,(H2,12,15). The molecule has 86 valence electrons. The highest BCUT2D eigenvalue weighted by Gasteiger charge is 2.27. The summed E-state index contributed by atoms with van der Waals surface area (Å²) in [7, 11) is 0. The number of nitrogens with zero attached hydrogens (tertiary/aromatic N) is 1. The van der Waals surface area contributed by atoms with Gasteiger partial charge in [0, 0.05) is 19.5 Å². The van der Waals surface area contributed by atoms with Crippen molar-refractivity contribution in [3.63, 3.8) is 0 Å². The molecule has 15 heavy (non-hydrogen) atoms. The second kappa shape index (κ2) is 6.05. The molecule has 0 aromatic rings. The van der Waals surface area contributed by atoms with Crippen molar-refractivity contribution in [2.75, 3.05) is 13.1 Å². The average molecular weight is 228 g/mol. The Morgan fingerprint density at radius 3 is 2.87 bits per heavy atom. The fourth-order valence-corrected chi connectivity index (χ4v) is 2.09. The molecule has 1 heterocycles. The van der Waals surface area contributed by atoms with E-state index in [9.17, 15) is 4.79 Å². The molecular weight excluding hydrogens is 208 g/mol. The zero-order chi connectivity index (χ0) is 11.3. The zero-order valence-corrected chi connectivity index (χ0v) is 10.2. The van der Waals surface area contributed by atoms with E-state index >= 15 is 0 Å². The molecule has 1 atom stereocenters. The molecule has 0 spiro atoms. The van der Waals surface area contributed by atoms with Gasteiger partial charge < -0.3 is 10.6 Å². The monoisotopic (exact) mass is 228 g/mol. The lowest BCUT2D eigenvalue weighted by molar-refractivity contribution is -0.127. The summed E-state index contributed by atoms with van der Waals surface area (Å²) in [6.07, 6.45) is 4.66. The summed E-state index contributed by atoms with van der Waals surface area (Å²) in [5.41, 5.74) is 5.41. The molecule has 1 saturated heterocycles. The number of carbonyl (C=O) groups is 1. The van der Waals surface area contributed by atoms with Crippen molar-refractivity contribution in [1.29, 1.82) is 0 Å². The highest BCUT2D eigenvalue weighted by Crippen LogP contribution is 2.20. The van der Waals surface area contributed by atoms with Crippen LogP contribution < -0.4 is 5.73 Å². The Hall–Kier alpha value is -0.640. The molecule has 0 aromatic heterocycles. The van der Waals surface area contributed by atoms with Crippen LogP contribution in [0.3, 0.4) is 0 Å². The molecule has 1 amide bonds. The number of nitrogens with two attached hydrogens (primary N) is 1. The number of likely N-dealkylation sites (tertiary alicyclic amines) is 1. The quantitative estimate of drug-likeness (QED) is 0.556. The summed E-state index contributed by atoms with van der Waals surface area (Å²) >= 11 is 4.80. The van der Waals surface area contributed by atoms with Crippen LogP contribution in [0.2, 0.25) is 0 Å². The second-order valence-electron chi connectivity index (χ2n) is 4.24. The largest absolute Gasteiger partial charge is 0.393 e. The van der Waals surface area contributed by atoms with Gasteiger partial charge in [-0.25, -0.2) is 0 Å². The zero-order valence-electron chi connectivity index (χ0n) is 9.37. The third kappa shape index (κ3) is 4.16. The molecule has 0 aliphatic carbocycles. The predicted molar refractivity (Wildman–Crippen MR) is 65.6 cm³/mol. The van der Waals surface area contributed by atoms with Crippen molar-refractivity contribution in [2.24, 2.45) is 11.7 Å². The summed E-state index contributed by atoms with van der Waals surface area (Å²) in [5, 5.41) is 0. The molecule has 1 aliphatic heterocycles. The first-order valence-corrected chi connectivity index (χ1v) is 6.10. The highest BCUT2D eigenvalue weighted by atomic mass is 32.1. The van der Waals surface area contributed by atoms with Crippen LogP contribution in [0.25, 0.3) is 0 Å². The predicted octanol–water partition coefficient (Wildman–Crippen LogP) is 1.70. The molecule has 0 aromatic carbocycles. The molecule has 1 rings (SSSR count). The normalized spacial score (nSPS) is 21.0. The molecule has 2 N–H and O–H groups in total. The second-order valence-corrected chi connectivity index (χ2v) is 4.77. The fourth-order valence-electron chi connectivity index (χ4n) is 1.95. The Kier molecular flexibility index (Phi) is 5.02. The van der Waals surface area contributed by atoms with E-state index in [1.54, 1.807) is 0 Å². The van der Waals surface area contributed by atoms with E-state index in [-0.39, 0.29) is 0 Å². The van der Waals surface area contributed by atoms with Crippen molar-refractivity contribution in [2.45, 2.75) is 39.0 Å². The van der Waals surface area contributed by atoms with Crippen LogP contribution in [0.1, 0.15) is 39.0 Å². The first-order chi connectivity index (χ1) is 7.13. The summed E-state index contributed by atoms with van der Waals surface area (Å²) in [4.78, 5) is 14.1. The summed E-state index contributed by atoms with van der Waals surface area (Å²) in [6.45, 7) is 3.97. The van der Waals surface area contributed by atoms with Gasteiger partial charge in [0.05, 0.1) is 4.99 Å². The highest BCUT2D eigenvalue weighted by molar-refractivity contribution is 7.80. The van der Waals surface area contributed by atoms with E-state index in [0.29, 0.717) is 16.8 Å². The number of hydrogen-bond donors (Lipinski definition) is 1. The Morgan fingerprint density at radius 1 is 1.60 bits per heavy atom. The SMILES string of the molecule is CCC1CC(=O)N(CCCCC(N)=S)C1. The maximum absolute atomic E-state index is 11.5. The van der Waals surface area contributed by atoms with Crippen LogP contribution in [0.4, 0.5) is 0 Å². The first-order valence-electron chi connectivity index (χ1n) is 5.69. The van der Waals surface area contributed by atoms with Crippen molar-refractivity contribution in [3.05, 3.63) is 0 Å². The maximum atomic E-state index is 11.5. The van der Waals surface area contributed by atoms with E-state index in [1.807, 2.05) is 4.90 Å². The van der Waals surface area contributed by atoms with Crippen LogP contribution >= 0.6 is 12.2 Å². The van der Waals surface area contributed by atoms with Gasteiger partial charge in [0.25, 0.3) is 0 Å². The van der Waals surface area contributed by atoms with Gasteiger partial charge in [-0.1, -0.05) is 25.6 Å². The van der Waals surface area contributed by atoms with Gasteiger partial charge in [-0.2, -0.15) is 0 Å². The molecule has 0 bridgehead atoms. The van der Waals surface area contributed by atoms with Crippen molar-refractivity contribution in [3.8, 4) is 0 Å². The van der Waals surface area contributed by atoms with Crippen molar-refractivity contribution in [1.82, 2.24) is 4.90 Å². The Balaban J connectivity index is 2.16. The molecule has 0 radical (unpaired) electrons. The number of rotatable bonds is 6. The smallest absolute Gasteiger partial charge is 0.222 e. The lowest BCUT2D eigenvalue weighted by Crippen LogP contribution is -2.26. The first kappa shape index (κ1) is 12.4. The van der Waals surface area contributed by atoms with Gasteiger partial charge in [-0.15, -0.1) is 0 Å². The van der Waals surface area contributed by atoms with Crippen LogP contribution in [-0.2, 0) is 4.79 Å². The fraction of sp³-hybridized carbons (Fsp3) is 0.818. The summed E-state index contributed by atoms with van der Waals surface area (Å²) in [5.74, 6) is 0.894. The van der Waals surface area contributed by atoms with Crippen LogP contribution in [0.5, 0.6) is 0 Å².